The average molecular weight is 303 g/mol. The molecule has 2 aromatic heterocycles. The summed E-state index contributed by atoms with van der Waals surface area (Å²) in [7, 11) is -3.23. The lowest BCUT2D eigenvalue weighted by atomic mass is 10.5. The summed E-state index contributed by atoms with van der Waals surface area (Å²) in [6.07, 6.45) is 3.97. The van der Waals surface area contributed by atoms with Gasteiger partial charge in [0, 0.05) is 17.8 Å². The summed E-state index contributed by atoms with van der Waals surface area (Å²) in [4.78, 5) is 19.4. The molecular weight excluding hydrogens is 294 g/mol. The largest absolute Gasteiger partial charge is 0.343 e. The van der Waals surface area contributed by atoms with Crippen molar-refractivity contribution in [3.05, 3.63) is 27.8 Å². The van der Waals surface area contributed by atoms with E-state index in [1.807, 2.05) is 0 Å². The predicted octanol–water partition coefficient (Wildman–Crippen LogP) is 0.933. The molecule has 96 valence electrons. The van der Waals surface area contributed by atoms with Crippen LogP contribution in [-0.4, -0.2) is 30.5 Å². The molecule has 0 aliphatic rings. The van der Waals surface area contributed by atoms with Crippen LogP contribution >= 0.6 is 22.7 Å². The maximum Gasteiger partial charge on any atom is 0.280 e. The second-order valence-corrected chi connectivity index (χ2v) is 7.62. The molecule has 6 nitrogen and oxygen atoms in total. The van der Waals surface area contributed by atoms with Crippen molar-refractivity contribution in [2.45, 2.75) is 10.8 Å². The van der Waals surface area contributed by atoms with Gasteiger partial charge in [-0.25, -0.2) is 18.4 Å². The Balaban J connectivity index is 1.99. The normalized spacial score (nSPS) is 11.4. The van der Waals surface area contributed by atoms with E-state index in [1.54, 1.807) is 11.6 Å². The summed E-state index contributed by atoms with van der Waals surface area (Å²) in [5.74, 6) is -0.291. The first-order valence-electron chi connectivity index (χ1n) is 4.79. The van der Waals surface area contributed by atoms with Gasteiger partial charge in [-0.1, -0.05) is 0 Å². The highest BCUT2D eigenvalue weighted by molar-refractivity contribution is 7.92. The molecule has 0 aromatic carbocycles. The number of amides is 1. The third-order valence-corrected chi connectivity index (χ3v) is 5.48. The fourth-order valence-corrected chi connectivity index (χ4v) is 3.39. The van der Waals surface area contributed by atoms with Crippen molar-refractivity contribution in [2.24, 2.45) is 0 Å². The van der Waals surface area contributed by atoms with E-state index in [0.717, 1.165) is 17.6 Å². The molecule has 9 heteroatoms. The molecule has 0 radical (unpaired) electrons. The average Bonchev–Trinajstić information content (AvgIpc) is 2.96. The molecule has 0 saturated heterocycles. The van der Waals surface area contributed by atoms with Gasteiger partial charge in [0.2, 0.25) is 0 Å². The lowest BCUT2D eigenvalue weighted by Crippen LogP contribution is -2.22. The van der Waals surface area contributed by atoms with Crippen molar-refractivity contribution in [2.75, 3.05) is 6.26 Å². The van der Waals surface area contributed by atoms with Gasteiger partial charge in [-0.3, -0.25) is 4.79 Å². The van der Waals surface area contributed by atoms with Gasteiger partial charge in [0.1, 0.15) is 9.22 Å². The highest BCUT2D eigenvalue weighted by atomic mass is 32.2. The van der Waals surface area contributed by atoms with Crippen LogP contribution in [0.1, 0.15) is 14.8 Å². The second-order valence-electron chi connectivity index (χ2n) is 3.37. The Morgan fingerprint density at radius 2 is 2.22 bits per heavy atom. The van der Waals surface area contributed by atoms with Gasteiger partial charge in [0.25, 0.3) is 5.91 Å². The summed E-state index contributed by atoms with van der Waals surface area (Å²) in [5.41, 5.74) is 0. The van der Waals surface area contributed by atoms with E-state index >= 15 is 0 Å². The van der Waals surface area contributed by atoms with Crippen LogP contribution < -0.4 is 5.32 Å². The van der Waals surface area contributed by atoms with Crippen LogP contribution in [0.25, 0.3) is 0 Å². The molecule has 0 saturated carbocycles. The minimum atomic E-state index is -3.23. The smallest absolute Gasteiger partial charge is 0.280 e. The minimum absolute atomic E-state index is 0.193. The minimum Gasteiger partial charge on any atom is -0.343 e. The fraction of sp³-hybridized carbons (Fsp3) is 0.222. The molecule has 2 aromatic rings. The molecular formula is C9H9N3O3S3. The Kier molecular flexibility index (Phi) is 3.73. The third kappa shape index (κ3) is 3.12. The fourth-order valence-electron chi connectivity index (χ4n) is 1.11. The van der Waals surface area contributed by atoms with E-state index in [-0.39, 0.29) is 16.7 Å². The summed E-state index contributed by atoms with van der Waals surface area (Å²) in [6.45, 7) is 0.193. The second kappa shape index (κ2) is 5.12. The monoisotopic (exact) mass is 303 g/mol. The highest BCUT2D eigenvalue weighted by Crippen LogP contribution is 2.18. The Bertz CT molecular complexity index is 646. The van der Waals surface area contributed by atoms with Gasteiger partial charge in [0.05, 0.1) is 12.7 Å². The first kappa shape index (κ1) is 13.1. The van der Waals surface area contributed by atoms with Crippen molar-refractivity contribution >= 4 is 38.4 Å². The summed E-state index contributed by atoms with van der Waals surface area (Å²) in [5, 5.41) is 5.25. The van der Waals surface area contributed by atoms with E-state index in [2.05, 4.69) is 15.3 Å². The maximum atomic E-state index is 11.6. The summed E-state index contributed by atoms with van der Waals surface area (Å²) < 4.78 is 22.7. The first-order chi connectivity index (χ1) is 8.47. The van der Waals surface area contributed by atoms with E-state index in [0.29, 0.717) is 10.0 Å². The number of carbonyl (C=O) groups excluding carboxylic acids is 1. The number of nitrogens with zero attached hydrogens (tertiary/aromatic N) is 2. The standard InChI is InChI=1S/C9H9N3O3S3/c1-18(14,15)7-5-11-6(17-7)4-12-8(13)9-10-2-3-16-9/h2-3,5H,4H2,1H3,(H,12,13). The Morgan fingerprint density at radius 3 is 2.78 bits per heavy atom. The summed E-state index contributed by atoms with van der Waals surface area (Å²) in [6, 6.07) is 0. The number of nitrogens with one attached hydrogen (secondary N) is 1. The SMILES string of the molecule is CS(=O)(=O)c1cnc(CNC(=O)c2nccs2)s1. The number of carbonyl (C=O) groups is 1. The molecule has 0 atom stereocenters. The summed E-state index contributed by atoms with van der Waals surface area (Å²) >= 11 is 2.29. The molecule has 0 aliphatic heterocycles. The van der Waals surface area contributed by atoms with Crippen molar-refractivity contribution in [1.29, 1.82) is 0 Å². The van der Waals surface area contributed by atoms with Crippen LogP contribution in [0.15, 0.2) is 22.0 Å². The van der Waals surface area contributed by atoms with Crippen LogP contribution in [0, 0.1) is 0 Å². The highest BCUT2D eigenvalue weighted by Gasteiger charge is 2.13. The zero-order valence-electron chi connectivity index (χ0n) is 9.28. The van der Waals surface area contributed by atoms with Crippen LogP contribution in [0.2, 0.25) is 0 Å². The van der Waals surface area contributed by atoms with Crippen LogP contribution in [0.5, 0.6) is 0 Å². The number of hydrogen-bond donors (Lipinski definition) is 1. The van der Waals surface area contributed by atoms with Crippen molar-refractivity contribution < 1.29 is 13.2 Å². The van der Waals surface area contributed by atoms with Gasteiger partial charge in [-0.2, -0.15) is 0 Å². The molecule has 0 fully saturated rings. The Morgan fingerprint density at radius 1 is 1.44 bits per heavy atom. The molecule has 2 rings (SSSR count). The number of sulfone groups is 1. The first-order valence-corrected chi connectivity index (χ1v) is 8.38. The lowest BCUT2D eigenvalue weighted by molar-refractivity contribution is 0.0950. The van der Waals surface area contributed by atoms with Crippen LogP contribution in [-0.2, 0) is 16.4 Å². The van der Waals surface area contributed by atoms with E-state index in [9.17, 15) is 13.2 Å². The molecule has 18 heavy (non-hydrogen) atoms. The molecule has 0 aliphatic carbocycles. The van der Waals surface area contributed by atoms with Gasteiger partial charge >= 0.3 is 0 Å². The van der Waals surface area contributed by atoms with Gasteiger partial charge < -0.3 is 5.32 Å². The number of aromatic nitrogens is 2. The third-order valence-electron chi connectivity index (χ3n) is 1.92. The van der Waals surface area contributed by atoms with Gasteiger partial charge in [-0.15, -0.1) is 22.7 Å². The van der Waals surface area contributed by atoms with Crippen molar-refractivity contribution in [3.8, 4) is 0 Å². The quantitative estimate of drug-likeness (QED) is 0.907. The Labute approximate surface area is 112 Å². The molecule has 2 heterocycles. The van der Waals surface area contributed by atoms with Crippen LogP contribution in [0.3, 0.4) is 0 Å². The van der Waals surface area contributed by atoms with E-state index in [4.69, 9.17) is 0 Å². The molecule has 1 N–H and O–H groups in total. The number of hydrogen-bond acceptors (Lipinski definition) is 7. The van der Waals surface area contributed by atoms with Gasteiger partial charge in [0.15, 0.2) is 14.8 Å². The molecule has 0 bridgehead atoms. The maximum absolute atomic E-state index is 11.6. The predicted molar refractivity (Wildman–Crippen MR) is 68.5 cm³/mol. The number of rotatable bonds is 4. The Hall–Kier alpha value is -1.32. The lowest BCUT2D eigenvalue weighted by Gasteiger charge is -1.98. The molecule has 0 unspecified atom stereocenters. The van der Waals surface area contributed by atoms with Crippen LogP contribution in [0.4, 0.5) is 0 Å². The van der Waals surface area contributed by atoms with Gasteiger partial charge in [-0.05, 0) is 0 Å². The van der Waals surface area contributed by atoms with Crippen molar-refractivity contribution in [3.63, 3.8) is 0 Å². The zero-order chi connectivity index (χ0) is 13.2. The molecule has 1 amide bonds. The van der Waals surface area contributed by atoms with E-state index < -0.39 is 9.84 Å². The number of thiazole rings is 2. The topological polar surface area (TPSA) is 89.0 Å². The van der Waals surface area contributed by atoms with Crippen molar-refractivity contribution in [1.82, 2.24) is 15.3 Å². The zero-order valence-corrected chi connectivity index (χ0v) is 11.7. The molecule has 0 spiro atoms. The van der Waals surface area contributed by atoms with E-state index in [1.165, 1.54) is 17.5 Å².